The van der Waals surface area contributed by atoms with Crippen molar-refractivity contribution in [1.82, 2.24) is 4.90 Å². The lowest BCUT2D eigenvalue weighted by atomic mass is 9.92. The molecule has 1 fully saturated rings. The van der Waals surface area contributed by atoms with Gasteiger partial charge >= 0.3 is 0 Å². The summed E-state index contributed by atoms with van der Waals surface area (Å²) in [7, 11) is 0. The van der Waals surface area contributed by atoms with Crippen molar-refractivity contribution < 1.29 is 9.53 Å². The highest BCUT2D eigenvalue weighted by Gasteiger charge is 2.26. The SMILES string of the molecule is Cc1cccc(C)c1OCC(=O)N1CCCC(C(C)N)C1.Cl. The monoisotopic (exact) mass is 326 g/mol. The molecule has 22 heavy (non-hydrogen) atoms. The first-order chi connectivity index (χ1) is 9.99. The Morgan fingerprint density at radius 1 is 1.41 bits per heavy atom. The maximum atomic E-state index is 12.3. The quantitative estimate of drug-likeness (QED) is 0.925. The molecular formula is C17H27ClN2O2. The third-order valence-electron chi connectivity index (χ3n) is 4.30. The maximum Gasteiger partial charge on any atom is 0.260 e. The first kappa shape index (κ1) is 18.8. The van der Waals surface area contributed by atoms with E-state index in [4.69, 9.17) is 10.5 Å². The molecule has 0 radical (unpaired) electrons. The number of para-hydroxylation sites is 1. The van der Waals surface area contributed by atoms with Crippen LogP contribution in [0.1, 0.15) is 30.9 Å². The highest BCUT2D eigenvalue weighted by Crippen LogP contribution is 2.23. The lowest BCUT2D eigenvalue weighted by molar-refractivity contribution is -0.135. The summed E-state index contributed by atoms with van der Waals surface area (Å²) in [6.07, 6.45) is 2.14. The zero-order valence-electron chi connectivity index (χ0n) is 13.7. The summed E-state index contributed by atoms with van der Waals surface area (Å²) in [6.45, 7) is 7.70. The van der Waals surface area contributed by atoms with E-state index in [0.29, 0.717) is 5.92 Å². The van der Waals surface area contributed by atoms with E-state index in [2.05, 4.69) is 0 Å². The summed E-state index contributed by atoms with van der Waals surface area (Å²) < 4.78 is 5.76. The molecule has 2 rings (SSSR count). The molecule has 2 unspecified atom stereocenters. The minimum atomic E-state index is 0. The number of rotatable bonds is 4. The van der Waals surface area contributed by atoms with E-state index in [9.17, 15) is 4.79 Å². The average molecular weight is 327 g/mol. The van der Waals surface area contributed by atoms with E-state index in [1.54, 1.807) is 0 Å². The average Bonchev–Trinajstić information content (AvgIpc) is 2.46. The van der Waals surface area contributed by atoms with Crippen LogP contribution in [0.3, 0.4) is 0 Å². The Bertz CT molecular complexity index is 485. The molecule has 1 aromatic carbocycles. The maximum absolute atomic E-state index is 12.3. The second-order valence-corrected chi connectivity index (χ2v) is 6.11. The van der Waals surface area contributed by atoms with Gasteiger partial charge in [-0.1, -0.05) is 18.2 Å². The summed E-state index contributed by atoms with van der Waals surface area (Å²) in [5.74, 6) is 1.29. The topological polar surface area (TPSA) is 55.6 Å². The van der Waals surface area contributed by atoms with Crippen molar-refractivity contribution in [1.29, 1.82) is 0 Å². The van der Waals surface area contributed by atoms with Crippen molar-refractivity contribution >= 4 is 18.3 Å². The number of nitrogens with two attached hydrogens (primary N) is 1. The standard InChI is InChI=1S/C17H26N2O2.ClH/c1-12-6-4-7-13(2)17(12)21-11-16(20)19-9-5-8-15(10-19)14(3)18;/h4,6-7,14-15H,5,8-11,18H2,1-3H3;1H. The van der Waals surface area contributed by atoms with Gasteiger partial charge in [0.1, 0.15) is 5.75 Å². The van der Waals surface area contributed by atoms with Crippen molar-refractivity contribution in [2.75, 3.05) is 19.7 Å². The van der Waals surface area contributed by atoms with Crippen LogP contribution in [-0.2, 0) is 4.79 Å². The second-order valence-electron chi connectivity index (χ2n) is 6.11. The molecule has 4 nitrogen and oxygen atoms in total. The number of amides is 1. The molecule has 1 amide bonds. The number of benzene rings is 1. The van der Waals surface area contributed by atoms with Crippen LogP contribution < -0.4 is 10.5 Å². The van der Waals surface area contributed by atoms with Gasteiger partial charge in [-0.05, 0) is 50.7 Å². The third-order valence-corrected chi connectivity index (χ3v) is 4.30. The van der Waals surface area contributed by atoms with E-state index >= 15 is 0 Å². The molecule has 5 heteroatoms. The Morgan fingerprint density at radius 2 is 2.05 bits per heavy atom. The minimum Gasteiger partial charge on any atom is -0.483 e. The highest BCUT2D eigenvalue weighted by atomic mass is 35.5. The highest BCUT2D eigenvalue weighted by molar-refractivity contribution is 5.85. The van der Waals surface area contributed by atoms with Crippen molar-refractivity contribution in [2.24, 2.45) is 11.7 Å². The molecule has 1 heterocycles. The van der Waals surface area contributed by atoms with Crippen LogP contribution in [0.2, 0.25) is 0 Å². The fourth-order valence-electron chi connectivity index (χ4n) is 2.92. The Balaban J connectivity index is 0.00000242. The Morgan fingerprint density at radius 3 is 2.64 bits per heavy atom. The van der Waals surface area contributed by atoms with Crippen LogP contribution >= 0.6 is 12.4 Å². The Hall–Kier alpha value is -1.26. The zero-order valence-corrected chi connectivity index (χ0v) is 14.5. The largest absolute Gasteiger partial charge is 0.483 e. The van der Waals surface area contributed by atoms with Crippen molar-refractivity contribution in [3.63, 3.8) is 0 Å². The number of carbonyl (C=O) groups is 1. The smallest absolute Gasteiger partial charge is 0.260 e. The van der Waals surface area contributed by atoms with Crippen molar-refractivity contribution in [3.8, 4) is 5.75 Å². The molecule has 1 aliphatic heterocycles. The molecule has 124 valence electrons. The van der Waals surface area contributed by atoms with Crippen molar-refractivity contribution in [2.45, 2.75) is 39.7 Å². The summed E-state index contributed by atoms with van der Waals surface area (Å²) in [4.78, 5) is 14.2. The Kier molecular flexibility index (Phi) is 7.17. The van der Waals surface area contributed by atoms with Gasteiger partial charge in [0, 0.05) is 19.1 Å². The number of aryl methyl sites for hydroxylation is 2. The third kappa shape index (κ3) is 4.62. The number of hydrogen-bond acceptors (Lipinski definition) is 3. The molecule has 2 atom stereocenters. The second kappa shape index (κ2) is 8.39. The van der Waals surface area contributed by atoms with E-state index in [0.717, 1.165) is 42.8 Å². The predicted molar refractivity (Wildman–Crippen MR) is 91.6 cm³/mol. The zero-order chi connectivity index (χ0) is 15.4. The fraction of sp³-hybridized carbons (Fsp3) is 0.588. The molecule has 0 aromatic heterocycles. The summed E-state index contributed by atoms with van der Waals surface area (Å²) in [5, 5.41) is 0. The van der Waals surface area contributed by atoms with Gasteiger partial charge in [0.15, 0.2) is 6.61 Å². The van der Waals surface area contributed by atoms with Gasteiger partial charge < -0.3 is 15.4 Å². The van der Waals surface area contributed by atoms with Crippen molar-refractivity contribution in [3.05, 3.63) is 29.3 Å². The first-order valence-electron chi connectivity index (χ1n) is 7.71. The van der Waals surface area contributed by atoms with Gasteiger partial charge in [0.05, 0.1) is 0 Å². The van der Waals surface area contributed by atoms with Gasteiger partial charge in [0.25, 0.3) is 5.91 Å². The number of nitrogens with zero attached hydrogens (tertiary/aromatic N) is 1. The van der Waals surface area contributed by atoms with E-state index in [-0.39, 0.29) is 31.0 Å². The number of likely N-dealkylation sites (tertiary alicyclic amines) is 1. The van der Waals surface area contributed by atoms with Gasteiger partial charge in [-0.3, -0.25) is 4.79 Å². The summed E-state index contributed by atoms with van der Waals surface area (Å²) in [5.41, 5.74) is 8.09. The number of halogens is 1. The van der Waals surface area contributed by atoms with Crippen LogP contribution in [0.5, 0.6) is 5.75 Å². The number of ether oxygens (including phenoxy) is 1. The first-order valence-corrected chi connectivity index (χ1v) is 7.71. The van der Waals surface area contributed by atoms with Crippen LogP contribution in [0, 0.1) is 19.8 Å². The summed E-state index contributed by atoms with van der Waals surface area (Å²) in [6, 6.07) is 6.14. The van der Waals surface area contributed by atoms with Crippen LogP contribution in [0.15, 0.2) is 18.2 Å². The lowest BCUT2D eigenvalue weighted by Gasteiger charge is -2.34. The molecule has 1 aliphatic rings. The number of piperidine rings is 1. The fourth-order valence-corrected chi connectivity index (χ4v) is 2.92. The molecule has 0 bridgehead atoms. The minimum absolute atomic E-state index is 0. The number of carbonyl (C=O) groups excluding carboxylic acids is 1. The van der Waals surface area contributed by atoms with E-state index in [1.165, 1.54) is 0 Å². The summed E-state index contributed by atoms with van der Waals surface area (Å²) >= 11 is 0. The van der Waals surface area contributed by atoms with Gasteiger partial charge in [-0.2, -0.15) is 0 Å². The molecular weight excluding hydrogens is 300 g/mol. The van der Waals surface area contributed by atoms with Gasteiger partial charge in [0.2, 0.25) is 0 Å². The molecule has 2 N–H and O–H groups in total. The van der Waals surface area contributed by atoms with Crippen LogP contribution in [-0.4, -0.2) is 36.5 Å². The van der Waals surface area contributed by atoms with Crippen LogP contribution in [0.4, 0.5) is 0 Å². The predicted octanol–water partition coefficient (Wildman–Crippen LogP) is 2.69. The molecule has 0 spiro atoms. The lowest BCUT2D eigenvalue weighted by Crippen LogP contribution is -2.46. The number of hydrogen-bond donors (Lipinski definition) is 1. The normalized spacial score (nSPS) is 19.3. The van der Waals surface area contributed by atoms with Crippen LogP contribution in [0.25, 0.3) is 0 Å². The van der Waals surface area contributed by atoms with Gasteiger partial charge in [-0.15, -0.1) is 12.4 Å². The molecule has 1 saturated heterocycles. The molecule has 0 saturated carbocycles. The Labute approximate surface area is 139 Å². The van der Waals surface area contributed by atoms with Gasteiger partial charge in [-0.25, -0.2) is 0 Å². The molecule has 1 aromatic rings. The van der Waals surface area contributed by atoms with E-state index < -0.39 is 0 Å². The van der Waals surface area contributed by atoms with E-state index in [1.807, 2.05) is 43.9 Å². The molecule has 0 aliphatic carbocycles.